The molecular weight excluding hydrogens is 253 g/mol. The smallest absolute Gasteiger partial charge is 0.388 e. The molecule has 0 bridgehead atoms. The molecule has 1 rings (SSSR count). The standard InChI is InChI=1S/C12H14ClF3O/c1-8-4-5-9(10(13)7-8)11(17)3-2-6-12(14,15)16/h4-5,7,11,17H,2-3,6H2,1H3. The average Bonchev–Trinajstić information content (AvgIpc) is 2.15. The lowest BCUT2D eigenvalue weighted by molar-refractivity contribution is -0.136. The van der Waals surface area contributed by atoms with Crippen LogP contribution in [0.4, 0.5) is 13.2 Å². The van der Waals surface area contributed by atoms with Crippen molar-refractivity contribution in [2.24, 2.45) is 0 Å². The molecule has 0 aliphatic carbocycles. The van der Waals surface area contributed by atoms with Gasteiger partial charge < -0.3 is 5.11 Å². The molecule has 5 heteroatoms. The van der Waals surface area contributed by atoms with E-state index in [-0.39, 0.29) is 12.8 Å². The Morgan fingerprint density at radius 3 is 2.53 bits per heavy atom. The number of hydrogen-bond donors (Lipinski definition) is 1. The first-order valence-electron chi connectivity index (χ1n) is 5.30. The quantitative estimate of drug-likeness (QED) is 0.856. The zero-order valence-electron chi connectivity index (χ0n) is 9.39. The van der Waals surface area contributed by atoms with Crippen LogP contribution in [0, 0.1) is 6.92 Å². The van der Waals surface area contributed by atoms with Gasteiger partial charge in [-0.2, -0.15) is 13.2 Å². The van der Waals surface area contributed by atoms with Crippen molar-refractivity contribution in [3.8, 4) is 0 Å². The Labute approximate surface area is 103 Å². The summed E-state index contributed by atoms with van der Waals surface area (Å²) in [5.74, 6) is 0. The van der Waals surface area contributed by atoms with Crippen molar-refractivity contribution < 1.29 is 18.3 Å². The molecule has 0 fully saturated rings. The van der Waals surface area contributed by atoms with Crippen molar-refractivity contribution in [1.82, 2.24) is 0 Å². The van der Waals surface area contributed by atoms with Crippen molar-refractivity contribution in [1.29, 1.82) is 0 Å². The molecule has 96 valence electrons. The second-order valence-corrected chi connectivity index (χ2v) is 4.46. The van der Waals surface area contributed by atoms with Gasteiger partial charge in [-0.05, 0) is 37.0 Å². The molecule has 0 aliphatic rings. The van der Waals surface area contributed by atoms with Crippen molar-refractivity contribution in [3.63, 3.8) is 0 Å². The van der Waals surface area contributed by atoms with Gasteiger partial charge >= 0.3 is 6.18 Å². The Hall–Kier alpha value is -0.740. The molecule has 1 N–H and O–H groups in total. The van der Waals surface area contributed by atoms with E-state index in [2.05, 4.69) is 0 Å². The number of alkyl halides is 3. The van der Waals surface area contributed by atoms with Gasteiger partial charge in [0.1, 0.15) is 0 Å². The van der Waals surface area contributed by atoms with Gasteiger partial charge in [0.25, 0.3) is 0 Å². The lowest BCUT2D eigenvalue weighted by Gasteiger charge is -2.13. The van der Waals surface area contributed by atoms with Crippen molar-refractivity contribution in [2.45, 2.75) is 38.5 Å². The van der Waals surface area contributed by atoms with Crippen LogP contribution in [-0.4, -0.2) is 11.3 Å². The van der Waals surface area contributed by atoms with Crippen LogP contribution < -0.4 is 0 Å². The molecule has 1 unspecified atom stereocenters. The first-order valence-corrected chi connectivity index (χ1v) is 5.68. The molecule has 0 radical (unpaired) electrons. The van der Waals surface area contributed by atoms with E-state index in [0.29, 0.717) is 10.6 Å². The normalized spacial score (nSPS) is 13.8. The van der Waals surface area contributed by atoms with E-state index in [1.54, 1.807) is 18.2 Å². The number of benzene rings is 1. The van der Waals surface area contributed by atoms with Crippen LogP contribution >= 0.6 is 11.6 Å². The summed E-state index contributed by atoms with van der Waals surface area (Å²) in [6, 6.07) is 5.11. The van der Waals surface area contributed by atoms with E-state index >= 15 is 0 Å². The van der Waals surface area contributed by atoms with Crippen LogP contribution in [0.3, 0.4) is 0 Å². The van der Waals surface area contributed by atoms with E-state index < -0.39 is 18.7 Å². The third-order valence-electron chi connectivity index (χ3n) is 2.45. The number of hydrogen-bond acceptors (Lipinski definition) is 1. The van der Waals surface area contributed by atoms with Crippen molar-refractivity contribution >= 4 is 11.6 Å². The maximum Gasteiger partial charge on any atom is 0.389 e. The summed E-state index contributed by atoms with van der Waals surface area (Å²) in [7, 11) is 0. The molecule has 1 aromatic carbocycles. The van der Waals surface area contributed by atoms with Gasteiger partial charge in [0, 0.05) is 11.4 Å². The third-order valence-corrected chi connectivity index (χ3v) is 2.78. The highest BCUT2D eigenvalue weighted by atomic mass is 35.5. The lowest BCUT2D eigenvalue weighted by Crippen LogP contribution is -2.08. The lowest BCUT2D eigenvalue weighted by atomic mass is 10.0. The van der Waals surface area contributed by atoms with Gasteiger partial charge in [-0.3, -0.25) is 0 Å². The molecule has 0 saturated carbocycles. The van der Waals surface area contributed by atoms with Crippen LogP contribution in [0.2, 0.25) is 5.02 Å². The van der Waals surface area contributed by atoms with Gasteiger partial charge in [0.15, 0.2) is 0 Å². The van der Waals surface area contributed by atoms with Crippen LogP contribution in [0.5, 0.6) is 0 Å². The summed E-state index contributed by atoms with van der Waals surface area (Å²) in [5.41, 5.74) is 1.43. The summed E-state index contributed by atoms with van der Waals surface area (Å²) in [6.07, 6.45) is -6.04. The molecular formula is C12H14ClF3O. The number of aryl methyl sites for hydroxylation is 1. The maximum atomic E-state index is 11.9. The molecule has 0 amide bonds. The molecule has 1 atom stereocenters. The van der Waals surface area contributed by atoms with E-state index in [1.165, 1.54) is 0 Å². The predicted octanol–water partition coefficient (Wildman–Crippen LogP) is 4.41. The minimum absolute atomic E-state index is 0.0578. The van der Waals surface area contributed by atoms with Crippen LogP contribution in [0.1, 0.15) is 36.5 Å². The van der Waals surface area contributed by atoms with Crippen molar-refractivity contribution in [3.05, 3.63) is 34.3 Å². The fourth-order valence-corrected chi connectivity index (χ4v) is 1.91. The van der Waals surface area contributed by atoms with Gasteiger partial charge in [0.2, 0.25) is 0 Å². The fourth-order valence-electron chi connectivity index (χ4n) is 1.55. The Balaban J connectivity index is 2.55. The Morgan fingerprint density at radius 2 is 2.00 bits per heavy atom. The van der Waals surface area contributed by atoms with E-state index in [0.717, 1.165) is 5.56 Å². The molecule has 1 aromatic rings. The topological polar surface area (TPSA) is 20.2 Å². The van der Waals surface area contributed by atoms with Crippen LogP contribution in [0.25, 0.3) is 0 Å². The minimum Gasteiger partial charge on any atom is -0.388 e. The molecule has 0 aromatic heterocycles. The van der Waals surface area contributed by atoms with Gasteiger partial charge in [-0.15, -0.1) is 0 Å². The highest BCUT2D eigenvalue weighted by Crippen LogP contribution is 2.29. The van der Waals surface area contributed by atoms with Crippen LogP contribution in [0.15, 0.2) is 18.2 Å². The summed E-state index contributed by atoms with van der Waals surface area (Å²) in [6.45, 7) is 1.85. The molecule has 0 saturated heterocycles. The number of halogens is 4. The Kier molecular flexibility index (Phi) is 4.83. The van der Waals surface area contributed by atoms with E-state index in [1.807, 2.05) is 6.92 Å². The van der Waals surface area contributed by atoms with Gasteiger partial charge in [0.05, 0.1) is 6.10 Å². The maximum absolute atomic E-state index is 11.9. The first kappa shape index (κ1) is 14.3. The minimum atomic E-state index is -4.17. The Bertz CT molecular complexity index is 377. The zero-order valence-corrected chi connectivity index (χ0v) is 10.1. The molecule has 0 heterocycles. The predicted molar refractivity (Wildman–Crippen MR) is 61.1 cm³/mol. The summed E-state index contributed by atoms with van der Waals surface area (Å²) in [5, 5.41) is 10.1. The average molecular weight is 267 g/mol. The monoisotopic (exact) mass is 266 g/mol. The second kappa shape index (κ2) is 5.74. The molecule has 0 spiro atoms. The number of aliphatic hydroxyl groups is 1. The highest BCUT2D eigenvalue weighted by molar-refractivity contribution is 6.31. The fraction of sp³-hybridized carbons (Fsp3) is 0.500. The van der Waals surface area contributed by atoms with Crippen molar-refractivity contribution in [2.75, 3.05) is 0 Å². The second-order valence-electron chi connectivity index (χ2n) is 4.05. The molecule has 0 aliphatic heterocycles. The SMILES string of the molecule is Cc1ccc(C(O)CCCC(F)(F)F)c(Cl)c1. The van der Waals surface area contributed by atoms with Gasteiger partial charge in [-0.1, -0.05) is 23.7 Å². The summed E-state index contributed by atoms with van der Waals surface area (Å²) in [4.78, 5) is 0. The van der Waals surface area contributed by atoms with Crippen LogP contribution in [-0.2, 0) is 0 Å². The first-order chi connectivity index (χ1) is 7.79. The summed E-state index contributed by atoms with van der Waals surface area (Å²) >= 11 is 5.91. The largest absolute Gasteiger partial charge is 0.389 e. The molecule has 17 heavy (non-hydrogen) atoms. The molecule has 1 nitrogen and oxygen atoms in total. The zero-order chi connectivity index (χ0) is 13.1. The summed E-state index contributed by atoms with van der Waals surface area (Å²) < 4.78 is 35.8. The van der Waals surface area contributed by atoms with E-state index in [9.17, 15) is 18.3 Å². The van der Waals surface area contributed by atoms with E-state index in [4.69, 9.17) is 11.6 Å². The number of aliphatic hydroxyl groups excluding tert-OH is 1. The third kappa shape index (κ3) is 4.96. The Morgan fingerprint density at radius 1 is 1.35 bits per heavy atom. The number of rotatable bonds is 4. The van der Waals surface area contributed by atoms with Gasteiger partial charge in [-0.25, -0.2) is 0 Å². The highest BCUT2D eigenvalue weighted by Gasteiger charge is 2.26.